The standard InChI is InChI=1S/C28H26N4O3/c1-17-7-8-20(26(33)30-22-10-11-22)15-23(17)19-9-12-24-21(14-19)16-29-28(31-24)32-25(27(34)35)13-18-5-3-2-4-6-18/h2-9,12,14-16,22,25H,10-11,13H2,1H3,(H,30,33)(H,34,35)(H,29,31,32)/t25-/m1/s1. The van der Waals surface area contributed by atoms with Gasteiger partial charge in [0.1, 0.15) is 6.04 Å². The first-order valence-electron chi connectivity index (χ1n) is 11.7. The van der Waals surface area contributed by atoms with E-state index in [0.29, 0.717) is 23.5 Å². The summed E-state index contributed by atoms with van der Waals surface area (Å²) >= 11 is 0. The number of aromatic nitrogens is 2. The van der Waals surface area contributed by atoms with Gasteiger partial charge in [-0.3, -0.25) is 4.79 Å². The van der Waals surface area contributed by atoms with Crippen molar-refractivity contribution in [1.29, 1.82) is 0 Å². The Labute approximate surface area is 203 Å². The molecule has 1 heterocycles. The summed E-state index contributed by atoms with van der Waals surface area (Å²) in [5, 5.41) is 16.5. The zero-order valence-corrected chi connectivity index (χ0v) is 19.4. The number of anilines is 1. The first-order chi connectivity index (χ1) is 17.0. The number of fused-ring (bicyclic) bond motifs is 1. The molecule has 0 radical (unpaired) electrons. The van der Waals surface area contributed by atoms with Crippen molar-refractivity contribution < 1.29 is 14.7 Å². The van der Waals surface area contributed by atoms with Gasteiger partial charge < -0.3 is 15.7 Å². The third-order valence-corrected chi connectivity index (χ3v) is 6.19. The van der Waals surface area contributed by atoms with Gasteiger partial charge in [0, 0.05) is 29.6 Å². The van der Waals surface area contributed by atoms with Crippen molar-refractivity contribution in [3.8, 4) is 11.1 Å². The highest BCUT2D eigenvalue weighted by atomic mass is 16.4. The van der Waals surface area contributed by atoms with Crippen LogP contribution in [0.3, 0.4) is 0 Å². The van der Waals surface area contributed by atoms with Crippen molar-refractivity contribution >= 4 is 28.7 Å². The minimum atomic E-state index is -0.964. The monoisotopic (exact) mass is 466 g/mol. The van der Waals surface area contributed by atoms with Crippen LogP contribution in [0.4, 0.5) is 5.95 Å². The van der Waals surface area contributed by atoms with Crippen LogP contribution in [0, 0.1) is 6.92 Å². The molecule has 35 heavy (non-hydrogen) atoms. The fraction of sp³-hybridized carbons (Fsp3) is 0.214. The molecule has 4 aromatic rings. The molecule has 1 amide bonds. The van der Waals surface area contributed by atoms with Crippen LogP contribution in [0.2, 0.25) is 0 Å². The van der Waals surface area contributed by atoms with E-state index in [1.165, 1.54) is 0 Å². The molecular weight excluding hydrogens is 440 g/mol. The number of carbonyl (C=O) groups is 2. The molecule has 1 saturated carbocycles. The summed E-state index contributed by atoms with van der Waals surface area (Å²) in [7, 11) is 0. The van der Waals surface area contributed by atoms with Gasteiger partial charge in [-0.25, -0.2) is 14.8 Å². The van der Waals surface area contributed by atoms with Gasteiger partial charge in [0.2, 0.25) is 5.95 Å². The maximum absolute atomic E-state index is 12.5. The summed E-state index contributed by atoms with van der Waals surface area (Å²) in [6.07, 6.45) is 4.10. The Bertz CT molecular complexity index is 1400. The molecule has 1 fully saturated rings. The average molecular weight is 467 g/mol. The van der Waals surface area contributed by atoms with E-state index < -0.39 is 12.0 Å². The predicted octanol–water partition coefficient (Wildman–Crippen LogP) is 4.61. The third-order valence-electron chi connectivity index (χ3n) is 6.19. The van der Waals surface area contributed by atoms with Crippen LogP contribution in [0.25, 0.3) is 22.0 Å². The lowest BCUT2D eigenvalue weighted by atomic mass is 9.97. The van der Waals surface area contributed by atoms with Gasteiger partial charge >= 0.3 is 5.97 Å². The number of carboxylic acids is 1. The number of nitrogens with one attached hydrogen (secondary N) is 2. The second-order valence-electron chi connectivity index (χ2n) is 8.97. The van der Waals surface area contributed by atoms with Crippen molar-refractivity contribution in [2.45, 2.75) is 38.3 Å². The van der Waals surface area contributed by atoms with E-state index in [2.05, 4.69) is 20.6 Å². The SMILES string of the molecule is Cc1ccc(C(=O)NC2CC2)cc1-c1ccc2nc(N[C@H](Cc3ccccc3)C(=O)O)ncc2c1. The fourth-order valence-corrected chi connectivity index (χ4v) is 4.05. The molecule has 1 aromatic heterocycles. The molecule has 7 heteroatoms. The molecule has 1 aliphatic rings. The average Bonchev–Trinajstić information content (AvgIpc) is 3.68. The van der Waals surface area contributed by atoms with E-state index in [4.69, 9.17) is 0 Å². The highest BCUT2D eigenvalue weighted by Gasteiger charge is 2.24. The summed E-state index contributed by atoms with van der Waals surface area (Å²) in [4.78, 5) is 33.2. The zero-order chi connectivity index (χ0) is 24.4. The highest BCUT2D eigenvalue weighted by Crippen LogP contribution is 2.28. The number of hydrogen-bond acceptors (Lipinski definition) is 5. The molecule has 0 aliphatic heterocycles. The van der Waals surface area contributed by atoms with Crippen LogP contribution in [-0.2, 0) is 11.2 Å². The van der Waals surface area contributed by atoms with Crippen LogP contribution >= 0.6 is 0 Å². The van der Waals surface area contributed by atoms with E-state index in [9.17, 15) is 14.7 Å². The molecule has 0 unspecified atom stereocenters. The Kier molecular flexibility index (Phi) is 6.14. The van der Waals surface area contributed by atoms with Crippen LogP contribution < -0.4 is 10.6 Å². The topological polar surface area (TPSA) is 104 Å². The van der Waals surface area contributed by atoms with Gasteiger partial charge in [-0.15, -0.1) is 0 Å². The smallest absolute Gasteiger partial charge is 0.326 e. The number of benzene rings is 3. The largest absolute Gasteiger partial charge is 0.480 e. The lowest BCUT2D eigenvalue weighted by molar-refractivity contribution is -0.137. The maximum Gasteiger partial charge on any atom is 0.326 e. The van der Waals surface area contributed by atoms with Crippen molar-refractivity contribution in [1.82, 2.24) is 15.3 Å². The van der Waals surface area contributed by atoms with Gasteiger partial charge in [-0.05, 0) is 66.3 Å². The van der Waals surface area contributed by atoms with E-state index in [1.54, 1.807) is 6.20 Å². The van der Waals surface area contributed by atoms with E-state index >= 15 is 0 Å². The number of amides is 1. The highest BCUT2D eigenvalue weighted by molar-refractivity contribution is 5.96. The Balaban J connectivity index is 1.38. The van der Waals surface area contributed by atoms with Crippen molar-refractivity contribution in [3.63, 3.8) is 0 Å². The Morgan fingerprint density at radius 3 is 2.60 bits per heavy atom. The van der Waals surface area contributed by atoms with E-state index in [0.717, 1.165) is 40.5 Å². The predicted molar refractivity (Wildman–Crippen MR) is 135 cm³/mol. The summed E-state index contributed by atoms with van der Waals surface area (Å²) in [5.41, 5.74) is 5.28. The van der Waals surface area contributed by atoms with E-state index in [-0.39, 0.29) is 11.9 Å². The number of carboxylic acid groups (broad SMARTS) is 1. The second kappa shape index (κ2) is 9.54. The number of aliphatic carboxylic acids is 1. The molecule has 5 rings (SSSR count). The number of hydrogen-bond donors (Lipinski definition) is 3. The van der Waals surface area contributed by atoms with Crippen LogP contribution in [0.15, 0.2) is 72.9 Å². The van der Waals surface area contributed by atoms with Crippen molar-refractivity contribution in [2.75, 3.05) is 5.32 Å². The summed E-state index contributed by atoms with van der Waals surface area (Å²) in [5.74, 6) is -0.741. The summed E-state index contributed by atoms with van der Waals surface area (Å²) in [6.45, 7) is 2.02. The molecule has 0 bridgehead atoms. The Hall–Kier alpha value is -4.26. The first kappa shape index (κ1) is 22.5. The normalized spacial score (nSPS) is 13.9. The molecular formula is C28H26N4O3. The van der Waals surface area contributed by atoms with Crippen molar-refractivity contribution in [3.05, 3.63) is 89.6 Å². The lowest BCUT2D eigenvalue weighted by Gasteiger charge is -2.15. The minimum absolute atomic E-state index is 0.0444. The molecule has 7 nitrogen and oxygen atoms in total. The maximum atomic E-state index is 12.5. The fourth-order valence-electron chi connectivity index (χ4n) is 4.05. The van der Waals surface area contributed by atoms with Gasteiger partial charge in [-0.1, -0.05) is 42.5 Å². The third kappa shape index (κ3) is 5.30. The van der Waals surface area contributed by atoms with Gasteiger partial charge in [0.05, 0.1) is 5.52 Å². The number of rotatable bonds is 8. The Morgan fingerprint density at radius 1 is 1.06 bits per heavy atom. The molecule has 0 spiro atoms. The van der Waals surface area contributed by atoms with E-state index in [1.807, 2.05) is 73.7 Å². The second-order valence-corrected chi connectivity index (χ2v) is 8.97. The molecule has 3 N–H and O–H groups in total. The number of aryl methyl sites for hydroxylation is 1. The van der Waals surface area contributed by atoms with Crippen LogP contribution in [-0.4, -0.2) is 39.0 Å². The van der Waals surface area contributed by atoms with Gasteiger partial charge in [0.15, 0.2) is 0 Å². The lowest BCUT2D eigenvalue weighted by Crippen LogP contribution is -2.32. The number of carbonyl (C=O) groups excluding carboxylic acids is 1. The van der Waals surface area contributed by atoms with Gasteiger partial charge in [-0.2, -0.15) is 0 Å². The van der Waals surface area contributed by atoms with Crippen molar-refractivity contribution in [2.24, 2.45) is 0 Å². The first-order valence-corrected chi connectivity index (χ1v) is 11.7. The van der Waals surface area contributed by atoms with Crippen LogP contribution in [0.5, 0.6) is 0 Å². The number of nitrogens with zero attached hydrogens (tertiary/aromatic N) is 2. The summed E-state index contributed by atoms with van der Waals surface area (Å²) in [6, 6.07) is 20.5. The van der Waals surface area contributed by atoms with Crippen LogP contribution in [0.1, 0.15) is 34.3 Å². The summed E-state index contributed by atoms with van der Waals surface area (Å²) < 4.78 is 0. The quantitative estimate of drug-likeness (QED) is 0.350. The molecule has 3 aromatic carbocycles. The molecule has 1 atom stereocenters. The molecule has 0 saturated heterocycles. The Morgan fingerprint density at radius 2 is 1.86 bits per heavy atom. The minimum Gasteiger partial charge on any atom is -0.480 e. The molecule has 176 valence electrons. The molecule has 1 aliphatic carbocycles. The van der Waals surface area contributed by atoms with Gasteiger partial charge in [0.25, 0.3) is 5.91 Å². The zero-order valence-electron chi connectivity index (χ0n) is 19.4.